The van der Waals surface area contributed by atoms with Gasteiger partial charge in [0.05, 0.1) is 23.0 Å². The highest BCUT2D eigenvalue weighted by Gasteiger charge is 2.11. The van der Waals surface area contributed by atoms with Crippen LogP contribution in [0.3, 0.4) is 0 Å². The first-order chi connectivity index (χ1) is 9.54. The lowest BCUT2D eigenvalue weighted by Crippen LogP contribution is -1.97. The maximum absolute atomic E-state index is 10.9. The normalized spacial score (nSPS) is 11.2. The van der Waals surface area contributed by atoms with Gasteiger partial charge < -0.3 is 15.2 Å². The molecular weight excluding hydrogens is 262 g/mol. The Kier molecular flexibility index (Phi) is 2.67. The van der Waals surface area contributed by atoms with Gasteiger partial charge in [-0.25, -0.2) is 9.78 Å². The molecule has 0 saturated carbocycles. The SMILES string of the molecule is O=C(O)CCc1cn2c(nc3cc(C(=O)O)ccc32)[nH]1. The van der Waals surface area contributed by atoms with E-state index in [4.69, 9.17) is 10.2 Å². The van der Waals surface area contributed by atoms with Gasteiger partial charge in [0.1, 0.15) is 0 Å². The standard InChI is InChI=1S/C13H11N3O4/c17-11(18)4-2-8-6-16-10-3-1-7(12(19)20)5-9(10)15-13(16)14-8/h1,3,5-6H,2,4H2,(H,14,15)(H,17,18)(H,19,20). The summed E-state index contributed by atoms with van der Waals surface area (Å²) in [5.74, 6) is -1.28. The van der Waals surface area contributed by atoms with Gasteiger partial charge in [-0.2, -0.15) is 0 Å². The van der Waals surface area contributed by atoms with Gasteiger partial charge in [-0.15, -0.1) is 0 Å². The number of carboxylic acids is 2. The van der Waals surface area contributed by atoms with Crippen molar-refractivity contribution in [2.75, 3.05) is 0 Å². The van der Waals surface area contributed by atoms with E-state index in [9.17, 15) is 9.59 Å². The smallest absolute Gasteiger partial charge is 0.335 e. The number of hydrogen-bond donors (Lipinski definition) is 3. The molecule has 0 bridgehead atoms. The number of nitrogens with zero attached hydrogens (tertiary/aromatic N) is 2. The average molecular weight is 273 g/mol. The number of H-pyrrole nitrogens is 1. The van der Waals surface area contributed by atoms with Crippen molar-refractivity contribution in [1.82, 2.24) is 14.4 Å². The number of nitrogens with one attached hydrogen (secondary N) is 1. The second kappa shape index (κ2) is 4.37. The molecule has 0 aliphatic rings. The molecule has 2 heterocycles. The Morgan fingerprint density at radius 2 is 2.10 bits per heavy atom. The lowest BCUT2D eigenvalue weighted by Gasteiger charge is -1.95. The Hall–Kier alpha value is -2.83. The molecule has 102 valence electrons. The van der Waals surface area contributed by atoms with Crippen molar-refractivity contribution in [3.63, 3.8) is 0 Å². The van der Waals surface area contributed by atoms with Gasteiger partial charge >= 0.3 is 11.9 Å². The molecule has 7 heteroatoms. The highest BCUT2D eigenvalue weighted by molar-refractivity contribution is 5.93. The predicted octanol–water partition coefficient (Wildman–Crippen LogP) is 1.53. The summed E-state index contributed by atoms with van der Waals surface area (Å²) in [4.78, 5) is 28.8. The molecule has 0 atom stereocenters. The van der Waals surface area contributed by atoms with Gasteiger partial charge in [-0.05, 0) is 24.6 Å². The van der Waals surface area contributed by atoms with E-state index in [1.807, 2.05) is 0 Å². The van der Waals surface area contributed by atoms with Gasteiger partial charge in [0.15, 0.2) is 0 Å². The Balaban J connectivity index is 2.04. The zero-order chi connectivity index (χ0) is 14.3. The zero-order valence-electron chi connectivity index (χ0n) is 10.3. The first kappa shape index (κ1) is 12.2. The van der Waals surface area contributed by atoms with Crippen LogP contribution >= 0.6 is 0 Å². The summed E-state index contributed by atoms with van der Waals surface area (Å²) >= 11 is 0. The Morgan fingerprint density at radius 3 is 2.80 bits per heavy atom. The second-order valence-corrected chi connectivity index (χ2v) is 4.49. The zero-order valence-corrected chi connectivity index (χ0v) is 10.3. The van der Waals surface area contributed by atoms with Crippen molar-refractivity contribution in [3.8, 4) is 0 Å². The van der Waals surface area contributed by atoms with Crippen molar-refractivity contribution in [2.24, 2.45) is 0 Å². The Bertz CT molecular complexity index is 831. The highest BCUT2D eigenvalue weighted by atomic mass is 16.4. The molecule has 0 unspecified atom stereocenters. The maximum atomic E-state index is 10.9. The van der Waals surface area contributed by atoms with E-state index in [2.05, 4.69) is 9.97 Å². The van der Waals surface area contributed by atoms with Crippen molar-refractivity contribution >= 4 is 28.7 Å². The number of rotatable bonds is 4. The molecular formula is C13H11N3O4. The molecule has 3 N–H and O–H groups in total. The van der Waals surface area contributed by atoms with E-state index >= 15 is 0 Å². The van der Waals surface area contributed by atoms with E-state index in [1.165, 1.54) is 12.1 Å². The molecule has 1 aromatic carbocycles. The predicted molar refractivity (Wildman–Crippen MR) is 70.0 cm³/mol. The van der Waals surface area contributed by atoms with E-state index in [0.29, 0.717) is 17.7 Å². The number of imidazole rings is 2. The minimum atomic E-state index is -0.995. The monoisotopic (exact) mass is 273 g/mol. The summed E-state index contributed by atoms with van der Waals surface area (Å²) in [6.45, 7) is 0. The summed E-state index contributed by atoms with van der Waals surface area (Å²) in [5, 5.41) is 17.6. The van der Waals surface area contributed by atoms with E-state index in [1.54, 1.807) is 16.7 Å². The second-order valence-electron chi connectivity index (χ2n) is 4.49. The first-order valence-electron chi connectivity index (χ1n) is 5.99. The van der Waals surface area contributed by atoms with Gasteiger partial charge in [-0.3, -0.25) is 9.20 Å². The molecule has 3 aromatic rings. The largest absolute Gasteiger partial charge is 0.481 e. The summed E-state index contributed by atoms with van der Waals surface area (Å²) < 4.78 is 1.79. The van der Waals surface area contributed by atoms with Gasteiger partial charge in [-0.1, -0.05) is 0 Å². The third-order valence-corrected chi connectivity index (χ3v) is 3.10. The molecule has 0 radical (unpaired) electrons. The molecule has 7 nitrogen and oxygen atoms in total. The van der Waals surface area contributed by atoms with Crippen LogP contribution < -0.4 is 0 Å². The summed E-state index contributed by atoms with van der Waals surface area (Å²) in [6.07, 6.45) is 2.23. The summed E-state index contributed by atoms with van der Waals surface area (Å²) in [6, 6.07) is 4.71. The molecule has 0 aliphatic carbocycles. The number of fused-ring (bicyclic) bond motifs is 3. The Morgan fingerprint density at radius 1 is 1.30 bits per heavy atom. The summed E-state index contributed by atoms with van der Waals surface area (Å²) in [5.41, 5.74) is 2.33. The van der Waals surface area contributed by atoms with Crippen LogP contribution in [0.1, 0.15) is 22.5 Å². The Labute approximate surface area is 112 Å². The molecule has 0 aliphatic heterocycles. The van der Waals surface area contributed by atoms with E-state index < -0.39 is 11.9 Å². The molecule has 2 aromatic heterocycles. The fourth-order valence-electron chi connectivity index (χ4n) is 2.15. The highest BCUT2D eigenvalue weighted by Crippen LogP contribution is 2.19. The van der Waals surface area contributed by atoms with Crippen LogP contribution in [0, 0.1) is 0 Å². The topological polar surface area (TPSA) is 108 Å². The number of aromatic nitrogens is 3. The lowest BCUT2D eigenvalue weighted by atomic mass is 10.2. The van der Waals surface area contributed by atoms with Crippen LogP contribution in [0.2, 0.25) is 0 Å². The number of hydrogen-bond acceptors (Lipinski definition) is 3. The van der Waals surface area contributed by atoms with Gasteiger partial charge in [0, 0.05) is 11.9 Å². The van der Waals surface area contributed by atoms with Crippen LogP contribution in [0.4, 0.5) is 0 Å². The van der Waals surface area contributed by atoms with Gasteiger partial charge in [0.25, 0.3) is 0 Å². The lowest BCUT2D eigenvalue weighted by molar-refractivity contribution is -0.136. The molecule has 0 amide bonds. The van der Waals surface area contributed by atoms with Crippen molar-refractivity contribution in [2.45, 2.75) is 12.8 Å². The number of aryl methyl sites for hydroxylation is 1. The van der Waals surface area contributed by atoms with Crippen molar-refractivity contribution < 1.29 is 19.8 Å². The third-order valence-electron chi connectivity index (χ3n) is 3.10. The van der Waals surface area contributed by atoms with E-state index in [0.717, 1.165) is 11.2 Å². The molecule has 0 fully saturated rings. The number of aliphatic carboxylic acids is 1. The van der Waals surface area contributed by atoms with Crippen LogP contribution in [0.25, 0.3) is 16.8 Å². The first-order valence-corrected chi connectivity index (χ1v) is 5.99. The average Bonchev–Trinajstić information content (AvgIpc) is 2.92. The molecule has 3 rings (SSSR count). The maximum Gasteiger partial charge on any atom is 0.335 e. The number of carboxylic acid groups (broad SMARTS) is 2. The quantitative estimate of drug-likeness (QED) is 0.668. The summed E-state index contributed by atoms with van der Waals surface area (Å²) in [7, 11) is 0. The third kappa shape index (κ3) is 1.99. The van der Waals surface area contributed by atoms with Crippen molar-refractivity contribution in [1.29, 1.82) is 0 Å². The van der Waals surface area contributed by atoms with Crippen LogP contribution in [-0.2, 0) is 11.2 Å². The number of aromatic carboxylic acids is 1. The number of aromatic amines is 1. The molecule has 0 spiro atoms. The van der Waals surface area contributed by atoms with Crippen LogP contribution in [-0.4, -0.2) is 36.5 Å². The number of benzene rings is 1. The molecule has 0 saturated heterocycles. The minimum Gasteiger partial charge on any atom is -0.481 e. The van der Waals surface area contributed by atoms with Gasteiger partial charge in [0.2, 0.25) is 5.78 Å². The fraction of sp³-hybridized carbons (Fsp3) is 0.154. The van der Waals surface area contributed by atoms with Crippen LogP contribution in [0.5, 0.6) is 0 Å². The minimum absolute atomic E-state index is 0.0464. The number of carbonyl (C=O) groups is 2. The fourth-order valence-corrected chi connectivity index (χ4v) is 2.15. The molecule has 20 heavy (non-hydrogen) atoms. The van der Waals surface area contributed by atoms with E-state index in [-0.39, 0.29) is 12.0 Å². The van der Waals surface area contributed by atoms with Crippen LogP contribution in [0.15, 0.2) is 24.4 Å². The van der Waals surface area contributed by atoms with Crippen molar-refractivity contribution in [3.05, 3.63) is 35.7 Å².